The first-order chi connectivity index (χ1) is 3.31. The van der Waals surface area contributed by atoms with E-state index in [2.05, 4.69) is 17.2 Å². The molecule has 0 atom stereocenters. The lowest BCUT2D eigenvalue weighted by molar-refractivity contribution is 0.647. The zero-order chi connectivity index (χ0) is 5.70. The van der Waals surface area contributed by atoms with E-state index in [1.165, 1.54) is 12.0 Å². The van der Waals surface area contributed by atoms with Crippen LogP contribution in [0.3, 0.4) is 0 Å². The highest BCUT2D eigenvalue weighted by atomic mass is 32.2. The molecule has 0 saturated heterocycles. The van der Waals surface area contributed by atoms with Crippen molar-refractivity contribution in [3.63, 3.8) is 0 Å². The van der Waals surface area contributed by atoms with E-state index in [0.29, 0.717) is 5.90 Å². The van der Waals surface area contributed by atoms with E-state index in [1.54, 1.807) is 6.92 Å². The fourth-order valence-corrected chi connectivity index (χ4v) is 0.512. The van der Waals surface area contributed by atoms with Gasteiger partial charge in [-0.3, -0.25) is 0 Å². The molecule has 7 heavy (non-hydrogen) atoms. The molecule has 4 heteroatoms. The van der Waals surface area contributed by atoms with Gasteiger partial charge in [-0.05, 0) is 12.8 Å². The van der Waals surface area contributed by atoms with Crippen molar-refractivity contribution in [3.8, 4) is 0 Å². The molecule has 0 unspecified atom stereocenters. The lowest BCUT2D eigenvalue weighted by Gasteiger charge is -1.92. The number of hydrogen-bond acceptors (Lipinski definition) is 4. The average Bonchev–Trinajstić information content (AvgIpc) is 1.68. The second-order valence-corrected chi connectivity index (χ2v) is 1.57. The van der Waals surface area contributed by atoms with Crippen LogP contribution in [0.4, 0.5) is 0 Å². The second kappa shape index (κ2) is 4.33. The normalized spacial score (nSPS) is 11.6. The maximum Gasteiger partial charge on any atom is 0.207 e. The van der Waals surface area contributed by atoms with Gasteiger partial charge in [0.25, 0.3) is 0 Å². The summed E-state index contributed by atoms with van der Waals surface area (Å²) in [6.45, 7) is 1.74. The Morgan fingerprint density at radius 2 is 2.43 bits per heavy atom. The van der Waals surface area contributed by atoms with Gasteiger partial charge >= 0.3 is 0 Å². The predicted molar refractivity (Wildman–Crippen MR) is 36.7 cm³/mol. The van der Waals surface area contributed by atoms with Gasteiger partial charge in [0.05, 0.1) is 12.0 Å². The summed E-state index contributed by atoms with van der Waals surface area (Å²) in [5.41, 5.74) is 0. The van der Waals surface area contributed by atoms with Crippen LogP contribution in [0, 0.1) is 0 Å². The number of thiol groups is 1. The van der Waals surface area contributed by atoms with Crippen LogP contribution >= 0.6 is 24.9 Å². The quantitative estimate of drug-likeness (QED) is 0.256. The van der Waals surface area contributed by atoms with Gasteiger partial charge in [0, 0.05) is 13.2 Å². The molecule has 0 fully saturated rings. The third kappa shape index (κ3) is 4.01. The Labute approximate surface area is 53.1 Å². The van der Waals surface area contributed by atoms with Gasteiger partial charge in [-0.1, -0.05) is 0 Å². The first-order valence-corrected chi connectivity index (χ1v) is 3.25. The highest BCUT2D eigenvalue weighted by Crippen LogP contribution is 1.96. The molecule has 0 amide bonds. The SMILES string of the molecule is CSOC(C)=NS. The van der Waals surface area contributed by atoms with Crippen molar-refractivity contribution in [1.82, 2.24) is 0 Å². The van der Waals surface area contributed by atoms with Gasteiger partial charge in [-0.25, -0.2) is 0 Å². The molecule has 0 heterocycles. The maximum atomic E-state index is 4.78. The van der Waals surface area contributed by atoms with Crippen molar-refractivity contribution < 1.29 is 4.18 Å². The van der Waals surface area contributed by atoms with Gasteiger partial charge in [-0.2, -0.15) is 4.40 Å². The zero-order valence-corrected chi connectivity index (χ0v) is 5.92. The van der Waals surface area contributed by atoms with Gasteiger partial charge in [0.1, 0.15) is 0 Å². The van der Waals surface area contributed by atoms with E-state index >= 15 is 0 Å². The summed E-state index contributed by atoms with van der Waals surface area (Å²) < 4.78 is 8.23. The Morgan fingerprint density at radius 3 is 2.57 bits per heavy atom. The van der Waals surface area contributed by atoms with Gasteiger partial charge in [0.2, 0.25) is 5.90 Å². The van der Waals surface area contributed by atoms with Crippen LogP contribution in [-0.2, 0) is 4.18 Å². The molecule has 0 aliphatic heterocycles. The Hall–Kier alpha value is 0.170. The van der Waals surface area contributed by atoms with Crippen LogP contribution in [0.2, 0.25) is 0 Å². The summed E-state index contributed by atoms with van der Waals surface area (Å²) in [5, 5.41) is 0. The Balaban J connectivity index is 3.17. The summed E-state index contributed by atoms with van der Waals surface area (Å²) in [4.78, 5) is 0. The molecular formula is C3H7NOS2. The molecule has 2 nitrogen and oxygen atoms in total. The zero-order valence-electron chi connectivity index (χ0n) is 4.21. The Bertz CT molecular complexity index is 73.3. The monoisotopic (exact) mass is 137 g/mol. The van der Waals surface area contributed by atoms with Gasteiger partial charge < -0.3 is 4.18 Å². The van der Waals surface area contributed by atoms with Crippen LogP contribution in [0.1, 0.15) is 6.92 Å². The molecule has 0 aliphatic carbocycles. The first kappa shape index (κ1) is 7.17. The molecule has 0 aromatic carbocycles. The van der Waals surface area contributed by atoms with E-state index in [-0.39, 0.29) is 0 Å². The molecule has 0 aromatic heterocycles. The first-order valence-electron chi connectivity index (χ1n) is 1.70. The second-order valence-electron chi connectivity index (χ2n) is 0.869. The fourth-order valence-electron chi connectivity index (χ4n) is 0.137. The Morgan fingerprint density at radius 1 is 1.86 bits per heavy atom. The molecule has 0 spiro atoms. The van der Waals surface area contributed by atoms with E-state index in [0.717, 1.165) is 0 Å². The highest BCUT2D eigenvalue weighted by molar-refractivity contribution is 7.94. The summed E-state index contributed by atoms with van der Waals surface area (Å²) in [7, 11) is 0. The lowest BCUT2D eigenvalue weighted by atomic mass is 10.8. The minimum Gasteiger partial charge on any atom is -0.410 e. The molecular weight excluding hydrogens is 130 g/mol. The Kier molecular flexibility index (Phi) is 4.44. The smallest absolute Gasteiger partial charge is 0.207 e. The van der Waals surface area contributed by atoms with E-state index in [1.807, 2.05) is 6.26 Å². The number of hydrogen-bond donors (Lipinski definition) is 1. The van der Waals surface area contributed by atoms with Crippen LogP contribution < -0.4 is 0 Å². The van der Waals surface area contributed by atoms with E-state index in [4.69, 9.17) is 4.18 Å². The van der Waals surface area contributed by atoms with Crippen molar-refractivity contribution in [3.05, 3.63) is 0 Å². The van der Waals surface area contributed by atoms with Gasteiger partial charge in [-0.15, -0.1) is 0 Å². The van der Waals surface area contributed by atoms with Crippen molar-refractivity contribution in [2.45, 2.75) is 6.92 Å². The third-order valence-corrected chi connectivity index (χ3v) is 1.03. The molecule has 0 bridgehead atoms. The lowest BCUT2D eigenvalue weighted by Crippen LogP contribution is -1.86. The minimum atomic E-state index is 0.579. The summed E-state index contributed by atoms with van der Waals surface area (Å²) in [5.74, 6) is 0.579. The van der Waals surface area contributed by atoms with E-state index < -0.39 is 0 Å². The minimum absolute atomic E-state index is 0.579. The highest BCUT2D eigenvalue weighted by Gasteiger charge is 1.82. The van der Waals surface area contributed by atoms with Crippen LogP contribution in [-0.4, -0.2) is 12.2 Å². The average molecular weight is 137 g/mol. The van der Waals surface area contributed by atoms with Gasteiger partial charge in [0.15, 0.2) is 0 Å². The molecule has 0 N–H and O–H groups in total. The van der Waals surface area contributed by atoms with Crippen molar-refractivity contribution in [2.24, 2.45) is 4.40 Å². The summed E-state index contributed by atoms with van der Waals surface area (Å²) in [6, 6.07) is 0. The standard InChI is InChI=1S/C3H7NOS2/c1-3(4-6)5-7-2/h6H,1-2H3. The predicted octanol–water partition coefficient (Wildman–Crippen LogP) is 1.54. The van der Waals surface area contributed by atoms with Crippen LogP contribution in [0.25, 0.3) is 0 Å². The third-order valence-electron chi connectivity index (χ3n) is 0.345. The molecule has 42 valence electrons. The van der Waals surface area contributed by atoms with Crippen molar-refractivity contribution in [1.29, 1.82) is 0 Å². The topological polar surface area (TPSA) is 21.6 Å². The molecule has 0 aromatic rings. The molecule has 0 radical (unpaired) electrons. The fraction of sp³-hybridized carbons (Fsp3) is 0.667. The van der Waals surface area contributed by atoms with Crippen molar-refractivity contribution >= 4 is 30.8 Å². The molecule has 0 saturated carbocycles. The summed E-state index contributed by atoms with van der Waals surface area (Å²) >= 11 is 4.85. The summed E-state index contributed by atoms with van der Waals surface area (Å²) in [6.07, 6.45) is 1.82. The van der Waals surface area contributed by atoms with Crippen molar-refractivity contribution in [2.75, 3.05) is 6.26 Å². The molecule has 0 rings (SSSR count). The number of rotatable bonds is 1. The van der Waals surface area contributed by atoms with E-state index in [9.17, 15) is 0 Å². The maximum absolute atomic E-state index is 4.78. The largest absolute Gasteiger partial charge is 0.410 e. The van der Waals surface area contributed by atoms with Crippen LogP contribution in [0.5, 0.6) is 0 Å². The molecule has 0 aliphatic rings. The van der Waals surface area contributed by atoms with Crippen LogP contribution in [0.15, 0.2) is 4.40 Å². The number of nitrogens with zero attached hydrogens (tertiary/aromatic N) is 1.